The highest BCUT2D eigenvalue weighted by Gasteiger charge is 2.22. The van der Waals surface area contributed by atoms with E-state index < -0.39 is 17.6 Å². The highest BCUT2D eigenvalue weighted by molar-refractivity contribution is 5.77. The molecule has 1 atom stereocenters. The summed E-state index contributed by atoms with van der Waals surface area (Å²) >= 11 is 0. The third-order valence-corrected chi connectivity index (χ3v) is 4.62. The highest BCUT2D eigenvalue weighted by Crippen LogP contribution is 2.28. The predicted molar refractivity (Wildman–Crippen MR) is 112 cm³/mol. The molecule has 0 saturated heterocycles. The first-order chi connectivity index (χ1) is 13.4. The molecule has 0 heterocycles. The number of benzene rings is 3. The number of carbonyl (C=O) groups is 1. The zero-order chi connectivity index (χ0) is 20.0. The van der Waals surface area contributed by atoms with Crippen LogP contribution in [0.4, 0.5) is 5.69 Å². The number of rotatable bonds is 8. The van der Waals surface area contributed by atoms with Crippen molar-refractivity contribution in [2.75, 3.05) is 5.32 Å². The van der Waals surface area contributed by atoms with Crippen LogP contribution in [0.25, 0.3) is 0 Å². The Kier molecular flexibility index (Phi) is 5.99. The number of carboxylic acids is 1. The molecule has 144 valence electrons. The molecule has 3 aromatic rings. The second-order valence-electron chi connectivity index (χ2n) is 7.23. The minimum Gasteiger partial charge on any atom is -0.483 e. The maximum Gasteiger partial charge on any atom is 0.326 e. The Morgan fingerprint density at radius 3 is 2.07 bits per heavy atom. The van der Waals surface area contributed by atoms with Gasteiger partial charge in [-0.2, -0.15) is 0 Å². The van der Waals surface area contributed by atoms with Crippen molar-refractivity contribution in [3.05, 3.63) is 96.1 Å². The Bertz CT molecular complexity index is 890. The second-order valence-corrected chi connectivity index (χ2v) is 7.23. The van der Waals surface area contributed by atoms with E-state index in [0.717, 1.165) is 22.6 Å². The molecular weight excluding hydrogens is 350 g/mol. The molecule has 0 aromatic heterocycles. The van der Waals surface area contributed by atoms with Crippen LogP contribution in [0.3, 0.4) is 0 Å². The van der Waals surface area contributed by atoms with Crippen LogP contribution in [0.15, 0.2) is 84.9 Å². The summed E-state index contributed by atoms with van der Waals surface area (Å²) in [6, 6.07) is 26.3. The van der Waals surface area contributed by atoms with Gasteiger partial charge in [0, 0.05) is 12.1 Å². The van der Waals surface area contributed by atoms with Gasteiger partial charge in [-0.25, -0.2) is 4.79 Å². The Balaban J connectivity index is 1.67. The molecule has 0 saturated carbocycles. The summed E-state index contributed by atoms with van der Waals surface area (Å²) in [5, 5.41) is 12.6. The standard InChI is InChI=1S/C24H25NO3/c1-24(2,19-11-7-4-8-12-19)28-21-15-13-20(14-16-21)25-22(23(26)27)17-18-9-5-3-6-10-18/h3-16,22,25H,17H2,1-2H3,(H,26,27)/t22-/m0/s1. The van der Waals surface area contributed by atoms with Gasteiger partial charge in [-0.1, -0.05) is 60.7 Å². The molecule has 28 heavy (non-hydrogen) atoms. The number of anilines is 1. The first kappa shape index (κ1) is 19.5. The maximum absolute atomic E-state index is 11.6. The summed E-state index contributed by atoms with van der Waals surface area (Å²) in [6.07, 6.45) is 0.412. The van der Waals surface area contributed by atoms with Crippen molar-refractivity contribution < 1.29 is 14.6 Å². The van der Waals surface area contributed by atoms with Crippen molar-refractivity contribution in [1.29, 1.82) is 0 Å². The zero-order valence-corrected chi connectivity index (χ0v) is 16.1. The molecule has 0 fully saturated rings. The lowest BCUT2D eigenvalue weighted by molar-refractivity contribution is -0.137. The first-order valence-corrected chi connectivity index (χ1v) is 9.32. The largest absolute Gasteiger partial charge is 0.483 e. The van der Waals surface area contributed by atoms with Crippen LogP contribution in [-0.2, 0) is 16.8 Å². The Labute approximate surface area is 165 Å². The summed E-state index contributed by atoms with van der Waals surface area (Å²) in [7, 11) is 0. The van der Waals surface area contributed by atoms with Crippen LogP contribution in [-0.4, -0.2) is 17.1 Å². The van der Waals surface area contributed by atoms with Crippen LogP contribution < -0.4 is 10.1 Å². The fraction of sp³-hybridized carbons (Fsp3) is 0.208. The van der Waals surface area contributed by atoms with E-state index in [9.17, 15) is 9.90 Å². The summed E-state index contributed by atoms with van der Waals surface area (Å²) in [6.45, 7) is 4.05. The van der Waals surface area contributed by atoms with Gasteiger partial charge in [-0.05, 0) is 49.2 Å². The lowest BCUT2D eigenvalue weighted by atomic mass is 9.98. The predicted octanol–water partition coefficient (Wildman–Crippen LogP) is 5.11. The molecule has 4 heteroatoms. The SMILES string of the molecule is CC(C)(Oc1ccc(N[C@@H](Cc2ccccc2)C(=O)O)cc1)c1ccccc1. The molecule has 0 aliphatic carbocycles. The Morgan fingerprint density at radius 1 is 0.929 bits per heavy atom. The topological polar surface area (TPSA) is 58.6 Å². The molecular formula is C24H25NO3. The zero-order valence-electron chi connectivity index (χ0n) is 16.1. The summed E-state index contributed by atoms with van der Waals surface area (Å²) in [4.78, 5) is 11.6. The van der Waals surface area contributed by atoms with E-state index in [4.69, 9.17) is 4.74 Å². The van der Waals surface area contributed by atoms with Gasteiger partial charge in [0.15, 0.2) is 0 Å². The monoisotopic (exact) mass is 375 g/mol. The molecule has 4 nitrogen and oxygen atoms in total. The smallest absolute Gasteiger partial charge is 0.326 e. The van der Waals surface area contributed by atoms with E-state index >= 15 is 0 Å². The van der Waals surface area contributed by atoms with E-state index in [1.54, 1.807) is 0 Å². The molecule has 0 unspecified atom stereocenters. The molecule has 3 rings (SSSR count). The molecule has 0 amide bonds. The summed E-state index contributed by atoms with van der Waals surface area (Å²) < 4.78 is 6.15. The molecule has 0 spiro atoms. The van der Waals surface area contributed by atoms with Crippen molar-refractivity contribution in [2.24, 2.45) is 0 Å². The average molecular weight is 375 g/mol. The van der Waals surface area contributed by atoms with Crippen molar-refractivity contribution in [3.8, 4) is 5.75 Å². The first-order valence-electron chi connectivity index (χ1n) is 9.32. The normalized spacial score (nSPS) is 12.2. The van der Waals surface area contributed by atoms with Crippen LogP contribution >= 0.6 is 0 Å². The molecule has 0 bridgehead atoms. The van der Waals surface area contributed by atoms with Gasteiger partial charge in [-0.3, -0.25) is 0 Å². The molecule has 0 aliphatic heterocycles. The highest BCUT2D eigenvalue weighted by atomic mass is 16.5. The number of hydrogen-bond donors (Lipinski definition) is 2. The molecule has 2 N–H and O–H groups in total. The van der Waals surface area contributed by atoms with Gasteiger partial charge >= 0.3 is 5.97 Å². The van der Waals surface area contributed by atoms with Gasteiger partial charge in [0.2, 0.25) is 0 Å². The van der Waals surface area contributed by atoms with Crippen molar-refractivity contribution in [2.45, 2.75) is 31.9 Å². The lowest BCUT2D eigenvalue weighted by Crippen LogP contribution is -2.31. The fourth-order valence-corrected chi connectivity index (χ4v) is 3.06. The van der Waals surface area contributed by atoms with Crippen molar-refractivity contribution in [3.63, 3.8) is 0 Å². The number of ether oxygens (including phenoxy) is 1. The number of aliphatic carboxylic acids is 1. The van der Waals surface area contributed by atoms with Crippen LogP contribution in [0, 0.1) is 0 Å². The van der Waals surface area contributed by atoms with Gasteiger partial charge in [0.1, 0.15) is 17.4 Å². The Morgan fingerprint density at radius 2 is 1.50 bits per heavy atom. The van der Waals surface area contributed by atoms with Crippen LogP contribution in [0.2, 0.25) is 0 Å². The van der Waals surface area contributed by atoms with Crippen LogP contribution in [0.1, 0.15) is 25.0 Å². The average Bonchev–Trinajstić information content (AvgIpc) is 2.70. The second kappa shape index (κ2) is 8.61. The number of nitrogens with one attached hydrogen (secondary N) is 1. The Hall–Kier alpha value is -3.27. The van der Waals surface area contributed by atoms with Gasteiger partial charge in [0.05, 0.1) is 0 Å². The van der Waals surface area contributed by atoms with Crippen molar-refractivity contribution >= 4 is 11.7 Å². The summed E-state index contributed by atoms with van der Waals surface area (Å²) in [5.41, 5.74) is 2.35. The molecule has 0 aliphatic rings. The van der Waals surface area contributed by atoms with Crippen molar-refractivity contribution in [1.82, 2.24) is 0 Å². The minimum absolute atomic E-state index is 0.412. The van der Waals surface area contributed by atoms with Gasteiger partial charge in [0.25, 0.3) is 0 Å². The van der Waals surface area contributed by atoms with Gasteiger partial charge < -0.3 is 15.2 Å². The molecule has 0 radical (unpaired) electrons. The van der Waals surface area contributed by atoms with Crippen LogP contribution in [0.5, 0.6) is 5.75 Å². The van der Waals surface area contributed by atoms with E-state index in [0.29, 0.717) is 6.42 Å². The third-order valence-electron chi connectivity index (χ3n) is 4.62. The van der Waals surface area contributed by atoms with E-state index in [1.165, 1.54) is 0 Å². The van der Waals surface area contributed by atoms with E-state index in [1.807, 2.05) is 98.8 Å². The quantitative estimate of drug-likeness (QED) is 0.574. The molecule has 3 aromatic carbocycles. The van der Waals surface area contributed by atoms with E-state index in [2.05, 4.69) is 5.32 Å². The number of hydrogen-bond acceptors (Lipinski definition) is 3. The van der Waals surface area contributed by atoms with E-state index in [-0.39, 0.29) is 0 Å². The third kappa shape index (κ3) is 5.13. The lowest BCUT2D eigenvalue weighted by Gasteiger charge is -2.27. The number of carboxylic acid groups (broad SMARTS) is 1. The summed E-state index contributed by atoms with van der Waals surface area (Å²) in [5.74, 6) is -0.149. The minimum atomic E-state index is -0.880. The van der Waals surface area contributed by atoms with Gasteiger partial charge in [-0.15, -0.1) is 0 Å². The fourth-order valence-electron chi connectivity index (χ4n) is 3.06. The maximum atomic E-state index is 11.6.